The van der Waals surface area contributed by atoms with Gasteiger partial charge in [-0.1, -0.05) is 13.0 Å². The first-order valence-electron chi connectivity index (χ1n) is 6.96. The molecule has 1 N–H and O–H groups in total. The number of para-hydroxylation sites is 1. The molecule has 0 saturated carbocycles. The van der Waals surface area contributed by atoms with E-state index in [1.165, 1.54) is 0 Å². The van der Waals surface area contributed by atoms with Crippen LogP contribution in [-0.2, 0) is 0 Å². The van der Waals surface area contributed by atoms with Gasteiger partial charge in [0.2, 0.25) is 0 Å². The lowest BCUT2D eigenvalue weighted by Gasteiger charge is -2.31. The van der Waals surface area contributed by atoms with Gasteiger partial charge in [0.25, 0.3) is 0 Å². The molecule has 1 fully saturated rings. The Kier molecular flexibility index (Phi) is 4.79. The van der Waals surface area contributed by atoms with Gasteiger partial charge in [0.05, 0.1) is 17.6 Å². The molecule has 1 aromatic rings. The molecule has 20 heavy (non-hydrogen) atoms. The van der Waals surface area contributed by atoms with Crippen molar-refractivity contribution in [3.05, 3.63) is 28.3 Å². The summed E-state index contributed by atoms with van der Waals surface area (Å²) in [4.78, 5) is 12.8. The molecule has 0 aromatic heterocycles. The third kappa shape index (κ3) is 3.19. The van der Waals surface area contributed by atoms with Crippen LogP contribution in [0.2, 0.25) is 0 Å². The van der Waals surface area contributed by atoms with Crippen LogP contribution in [0.15, 0.2) is 18.2 Å². The second-order valence-corrected chi connectivity index (χ2v) is 4.97. The summed E-state index contributed by atoms with van der Waals surface area (Å²) in [5, 5.41) is 21.1. The van der Waals surface area contributed by atoms with E-state index < -0.39 is 11.0 Å². The van der Waals surface area contributed by atoms with E-state index in [0.29, 0.717) is 24.6 Å². The van der Waals surface area contributed by atoms with E-state index in [1.54, 1.807) is 18.2 Å². The number of piperidine rings is 1. The minimum absolute atomic E-state index is 0.00458. The van der Waals surface area contributed by atoms with Crippen LogP contribution in [0.1, 0.15) is 26.2 Å². The van der Waals surface area contributed by atoms with Gasteiger partial charge in [-0.25, -0.2) is 0 Å². The van der Waals surface area contributed by atoms with Crippen molar-refractivity contribution in [3.63, 3.8) is 0 Å². The van der Waals surface area contributed by atoms with E-state index in [4.69, 9.17) is 4.74 Å². The number of nitro groups is 1. The minimum atomic E-state index is -0.427. The molecule has 1 aliphatic heterocycles. The Hall–Kier alpha value is -1.82. The maximum absolute atomic E-state index is 11.4. The Labute approximate surface area is 118 Å². The summed E-state index contributed by atoms with van der Waals surface area (Å²) < 4.78 is 5.48. The zero-order valence-electron chi connectivity index (χ0n) is 11.6. The lowest BCUT2D eigenvalue weighted by atomic mass is 10.1. The summed E-state index contributed by atoms with van der Waals surface area (Å²) in [6, 6.07) is 5.10. The largest absolute Gasteiger partial charge is 0.487 e. The fourth-order valence-electron chi connectivity index (χ4n) is 2.45. The van der Waals surface area contributed by atoms with Gasteiger partial charge in [0, 0.05) is 13.1 Å². The molecule has 1 aliphatic rings. The second-order valence-electron chi connectivity index (χ2n) is 4.97. The van der Waals surface area contributed by atoms with Crippen molar-refractivity contribution < 1.29 is 14.8 Å². The monoisotopic (exact) mass is 280 g/mol. The van der Waals surface area contributed by atoms with Gasteiger partial charge >= 0.3 is 5.69 Å². The summed E-state index contributed by atoms with van der Waals surface area (Å²) in [7, 11) is 0. The van der Waals surface area contributed by atoms with Gasteiger partial charge in [0.1, 0.15) is 5.69 Å². The first kappa shape index (κ1) is 14.6. The fourth-order valence-corrected chi connectivity index (χ4v) is 2.45. The maximum Gasteiger partial charge on any atom is 0.333 e. The molecule has 0 spiro atoms. The predicted molar refractivity (Wildman–Crippen MR) is 76.3 cm³/mol. The normalized spacial score (nSPS) is 18.9. The molecule has 0 aliphatic carbocycles. The molecule has 1 atom stereocenters. The number of nitrogens with zero attached hydrogens (tertiary/aromatic N) is 2. The van der Waals surface area contributed by atoms with Crippen LogP contribution in [0.5, 0.6) is 5.75 Å². The zero-order valence-corrected chi connectivity index (χ0v) is 11.6. The van der Waals surface area contributed by atoms with E-state index in [1.807, 2.05) is 11.8 Å². The molecule has 110 valence electrons. The number of aliphatic hydroxyl groups is 1. The van der Waals surface area contributed by atoms with E-state index >= 15 is 0 Å². The van der Waals surface area contributed by atoms with E-state index in [9.17, 15) is 15.2 Å². The third-order valence-corrected chi connectivity index (χ3v) is 3.36. The molecule has 0 amide bonds. The fraction of sp³-hybridized carbons (Fsp3) is 0.571. The van der Waals surface area contributed by atoms with Gasteiger partial charge in [-0.15, -0.1) is 0 Å². The Balaban J connectivity index is 2.33. The Morgan fingerprint density at radius 2 is 2.35 bits per heavy atom. The molecular formula is C14H20N2O4. The van der Waals surface area contributed by atoms with Crippen molar-refractivity contribution in [1.82, 2.24) is 0 Å². The Bertz CT molecular complexity index is 478. The number of aliphatic hydroxyl groups excluding tert-OH is 1. The minimum Gasteiger partial charge on any atom is -0.487 e. The van der Waals surface area contributed by atoms with E-state index in [0.717, 1.165) is 25.8 Å². The molecular weight excluding hydrogens is 260 g/mol. The standard InChI is InChI=1S/C14H20N2O4/c1-2-9-20-13-7-3-6-12(14(13)16(18)19)15-8-4-5-11(17)10-15/h3,6-7,11,17H,2,4-5,8-10H2,1H3. The second kappa shape index (κ2) is 6.56. The lowest BCUT2D eigenvalue weighted by molar-refractivity contribution is -0.385. The number of rotatable bonds is 5. The van der Waals surface area contributed by atoms with Gasteiger partial charge in [-0.3, -0.25) is 10.1 Å². The number of ether oxygens (including phenoxy) is 1. The van der Waals surface area contributed by atoms with Crippen LogP contribution in [-0.4, -0.2) is 35.8 Å². The lowest BCUT2D eigenvalue weighted by Crippen LogP contribution is -2.38. The first-order valence-corrected chi connectivity index (χ1v) is 6.96. The van der Waals surface area contributed by atoms with Crippen LogP contribution >= 0.6 is 0 Å². The summed E-state index contributed by atoms with van der Waals surface area (Å²) in [6.07, 6.45) is 1.95. The van der Waals surface area contributed by atoms with Crippen molar-refractivity contribution in [1.29, 1.82) is 0 Å². The third-order valence-electron chi connectivity index (χ3n) is 3.36. The van der Waals surface area contributed by atoms with Crippen molar-refractivity contribution in [2.75, 3.05) is 24.6 Å². The molecule has 6 heteroatoms. The summed E-state index contributed by atoms with van der Waals surface area (Å²) >= 11 is 0. The van der Waals surface area contributed by atoms with Gasteiger partial charge in [0.15, 0.2) is 5.75 Å². The number of hydrogen-bond donors (Lipinski definition) is 1. The van der Waals surface area contributed by atoms with Crippen LogP contribution in [0.25, 0.3) is 0 Å². The predicted octanol–water partition coefficient (Wildman–Crippen LogP) is 2.34. The van der Waals surface area contributed by atoms with Crippen molar-refractivity contribution >= 4 is 11.4 Å². The highest BCUT2D eigenvalue weighted by atomic mass is 16.6. The molecule has 1 aromatic carbocycles. The Morgan fingerprint density at radius 1 is 1.55 bits per heavy atom. The first-order chi connectivity index (χ1) is 9.63. The molecule has 2 rings (SSSR count). The molecule has 6 nitrogen and oxygen atoms in total. The number of β-amino-alcohol motifs (C(OH)–C–C–N with tert-alkyl or cyclic N) is 1. The molecule has 0 bridgehead atoms. The van der Waals surface area contributed by atoms with Crippen LogP contribution < -0.4 is 9.64 Å². The van der Waals surface area contributed by atoms with Crippen molar-refractivity contribution in [2.24, 2.45) is 0 Å². The zero-order chi connectivity index (χ0) is 14.5. The highest BCUT2D eigenvalue weighted by Gasteiger charge is 2.27. The summed E-state index contributed by atoms with van der Waals surface area (Å²) in [5.41, 5.74) is 0.525. The smallest absolute Gasteiger partial charge is 0.333 e. The van der Waals surface area contributed by atoms with E-state index in [2.05, 4.69) is 0 Å². The summed E-state index contributed by atoms with van der Waals surface area (Å²) in [5.74, 6) is 0.300. The number of hydrogen-bond acceptors (Lipinski definition) is 5. The van der Waals surface area contributed by atoms with Crippen LogP contribution in [0, 0.1) is 10.1 Å². The average Bonchev–Trinajstić information content (AvgIpc) is 2.44. The van der Waals surface area contributed by atoms with Gasteiger partial charge < -0.3 is 14.7 Å². The number of anilines is 1. The Morgan fingerprint density at radius 3 is 3.00 bits per heavy atom. The average molecular weight is 280 g/mol. The molecule has 0 radical (unpaired) electrons. The van der Waals surface area contributed by atoms with Crippen LogP contribution in [0.3, 0.4) is 0 Å². The molecule has 1 saturated heterocycles. The van der Waals surface area contributed by atoms with Gasteiger partial charge in [-0.2, -0.15) is 0 Å². The molecule has 1 unspecified atom stereocenters. The molecule has 1 heterocycles. The van der Waals surface area contributed by atoms with Crippen LogP contribution in [0.4, 0.5) is 11.4 Å². The SMILES string of the molecule is CCCOc1cccc(N2CCCC(O)C2)c1[N+](=O)[O-]. The van der Waals surface area contributed by atoms with E-state index in [-0.39, 0.29) is 5.69 Å². The number of nitro benzene ring substituents is 1. The highest BCUT2D eigenvalue weighted by molar-refractivity contribution is 5.70. The topological polar surface area (TPSA) is 75.8 Å². The maximum atomic E-state index is 11.4. The van der Waals surface area contributed by atoms with Crippen molar-refractivity contribution in [3.8, 4) is 5.75 Å². The number of benzene rings is 1. The quantitative estimate of drug-likeness (QED) is 0.662. The summed E-state index contributed by atoms with van der Waals surface area (Å²) in [6.45, 7) is 3.55. The van der Waals surface area contributed by atoms with Gasteiger partial charge in [-0.05, 0) is 31.4 Å². The highest BCUT2D eigenvalue weighted by Crippen LogP contribution is 2.38. The van der Waals surface area contributed by atoms with Crippen molar-refractivity contribution in [2.45, 2.75) is 32.3 Å².